The van der Waals surface area contributed by atoms with E-state index in [-0.39, 0.29) is 73.6 Å². The molecule has 564 valence electrons. The molecule has 1 saturated heterocycles. The van der Waals surface area contributed by atoms with Crippen LogP contribution < -0.4 is 0 Å². The van der Waals surface area contributed by atoms with Crippen molar-refractivity contribution in [3.63, 3.8) is 0 Å². The highest BCUT2D eigenvalue weighted by Crippen LogP contribution is 2.18. The number of esters is 6. The van der Waals surface area contributed by atoms with E-state index in [0.29, 0.717) is 118 Å². The van der Waals surface area contributed by atoms with E-state index in [9.17, 15) is 28.8 Å². The predicted octanol–water partition coefficient (Wildman–Crippen LogP) is 18.8. The number of hydrogen-bond donors (Lipinski definition) is 0. The summed E-state index contributed by atoms with van der Waals surface area (Å²) in [5, 5.41) is 0. The fraction of sp³-hybridized carbons (Fsp3) is 0.925. The van der Waals surface area contributed by atoms with Gasteiger partial charge >= 0.3 is 35.8 Å². The van der Waals surface area contributed by atoms with E-state index < -0.39 is 0 Å². The highest BCUT2D eigenvalue weighted by Gasteiger charge is 2.29. The molecule has 1 aliphatic rings. The topological polar surface area (TPSA) is 171 Å². The van der Waals surface area contributed by atoms with E-state index in [4.69, 9.17) is 28.4 Å². The highest BCUT2D eigenvalue weighted by atomic mass is 16.6. The quantitative estimate of drug-likeness (QED) is 0.0320. The molecule has 96 heavy (non-hydrogen) atoms. The number of unbranched alkanes of at least 4 members (excludes halogenated alkanes) is 38. The van der Waals surface area contributed by atoms with Crippen molar-refractivity contribution in [2.45, 2.75) is 375 Å². The Morgan fingerprint density at radius 1 is 0.250 bits per heavy atom. The summed E-state index contributed by atoms with van der Waals surface area (Å²) in [6.07, 6.45) is 53.5. The van der Waals surface area contributed by atoms with Crippen molar-refractivity contribution < 1.29 is 57.2 Å². The summed E-state index contributed by atoms with van der Waals surface area (Å²) in [5.74, 6) is -1.26. The zero-order valence-corrected chi connectivity index (χ0v) is 63.5. The fourth-order valence-electron chi connectivity index (χ4n) is 12.9. The first kappa shape index (κ1) is 90.7. The van der Waals surface area contributed by atoms with Crippen molar-refractivity contribution in [1.82, 2.24) is 19.6 Å². The van der Waals surface area contributed by atoms with E-state index in [1.165, 1.54) is 205 Å². The number of carbonyl (C=O) groups excluding carboxylic acids is 6. The van der Waals surface area contributed by atoms with Gasteiger partial charge in [-0.25, -0.2) is 0 Å². The lowest BCUT2D eigenvalue weighted by Crippen LogP contribution is -2.57. The number of hydrogen-bond acceptors (Lipinski definition) is 16. The van der Waals surface area contributed by atoms with Crippen LogP contribution in [0.2, 0.25) is 0 Å². The molecule has 0 aromatic carbocycles. The maximum atomic E-state index is 12.9. The standard InChI is InChI=1S/C80H152N4O12/c1-7-11-15-19-23-27-31-35-39-47-65-91-77(87)53-59-81(60-54-78(88)92-66-48-40-36-32-28-24-20-16-12-8-2)57-45-43-51-75(85)95-69-63-83-71-74(6)84(72-73(83)5)64-70-96-76(86)52-44-46-58-82(61-55-79(89)93-67-49-41-37-33-29-25-21-17-13-9-3)62-56-80(90)94-68-50-42-38-34-30-26-22-18-14-10-4/h73-74H,7-72H2,1-6H3. The van der Waals surface area contributed by atoms with Crippen LogP contribution in [0.1, 0.15) is 363 Å². The van der Waals surface area contributed by atoms with Gasteiger partial charge < -0.3 is 38.2 Å². The molecular formula is C80H152N4O12. The second kappa shape index (κ2) is 68.8. The zero-order valence-electron chi connectivity index (χ0n) is 63.5. The summed E-state index contributed by atoms with van der Waals surface area (Å²) in [4.78, 5) is 86.0. The second-order valence-electron chi connectivity index (χ2n) is 28.3. The Morgan fingerprint density at radius 2 is 0.448 bits per heavy atom. The van der Waals surface area contributed by atoms with Crippen LogP contribution in [0.15, 0.2) is 0 Å². The fourth-order valence-corrected chi connectivity index (χ4v) is 12.9. The average Bonchev–Trinajstić information content (AvgIpc) is 1.23. The first-order valence-electron chi connectivity index (χ1n) is 40.8. The summed E-state index contributed by atoms with van der Waals surface area (Å²) in [5.41, 5.74) is 0. The molecule has 2 unspecified atom stereocenters. The summed E-state index contributed by atoms with van der Waals surface area (Å²) >= 11 is 0. The van der Waals surface area contributed by atoms with Crippen molar-refractivity contribution in [2.75, 3.05) is 105 Å². The highest BCUT2D eigenvalue weighted by molar-refractivity contribution is 5.71. The molecule has 2 atom stereocenters. The molecule has 0 bridgehead atoms. The van der Waals surface area contributed by atoms with Crippen LogP contribution in [0.4, 0.5) is 0 Å². The van der Waals surface area contributed by atoms with E-state index in [1.807, 2.05) is 0 Å². The lowest BCUT2D eigenvalue weighted by atomic mass is 10.1. The molecule has 1 rings (SSSR count). The van der Waals surface area contributed by atoms with Crippen LogP contribution in [0.5, 0.6) is 0 Å². The van der Waals surface area contributed by atoms with Gasteiger partial charge in [0.15, 0.2) is 0 Å². The number of piperazine rings is 1. The van der Waals surface area contributed by atoms with Crippen molar-refractivity contribution in [3.05, 3.63) is 0 Å². The summed E-state index contributed by atoms with van der Waals surface area (Å²) < 4.78 is 33.9. The van der Waals surface area contributed by atoms with Gasteiger partial charge in [-0.15, -0.1) is 0 Å². The molecule has 16 heteroatoms. The van der Waals surface area contributed by atoms with Crippen molar-refractivity contribution >= 4 is 35.8 Å². The van der Waals surface area contributed by atoms with Crippen molar-refractivity contribution in [3.8, 4) is 0 Å². The number of nitrogens with zero attached hydrogens (tertiary/aromatic N) is 4. The molecule has 0 radical (unpaired) electrons. The van der Waals surface area contributed by atoms with Crippen molar-refractivity contribution in [1.29, 1.82) is 0 Å². The van der Waals surface area contributed by atoms with E-state index in [0.717, 1.165) is 77.3 Å². The summed E-state index contributed by atoms with van der Waals surface area (Å²) in [6.45, 7) is 22.0. The van der Waals surface area contributed by atoms with Crippen LogP contribution in [-0.2, 0) is 57.2 Å². The second-order valence-corrected chi connectivity index (χ2v) is 28.3. The predicted molar refractivity (Wildman–Crippen MR) is 394 cm³/mol. The minimum atomic E-state index is -0.218. The van der Waals surface area contributed by atoms with Crippen LogP contribution in [-0.4, -0.2) is 173 Å². The van der Waals surface area contributed by atoms with Gasteiger partial charge in [0, 0.05) is 77.3 Å². The van der Waals surface area contributed by atoms with Gasteiger partial charge in [-0.05, 0) is 78.3 Å². The van der Waals surface area contributed by atoms with Gasteiger partial charge in [0.05, 0.1) is 52.1 Å². The molecule has 1 heterocycles. The molecule has 0 aromatic heterocycles. The molecule has 0 amide bonds. The first-order chi connectivity index (χ1) is 46.9. The summed E-state index contributed by atoms with van der Waals surface area (Å²) in [7, 11) is 0. The van der Waals surface area contributed by atoms with Gasteiger partial charge in [0.25, 0.3) is 0 Å². The third-order valence-corrected chi connectivity index (χ3v) is 19.3. The third-order valence-electron chi connectivity index (χ3n) is 19.3. The van der Waals surface area contributed by atoms with Gasteiger partial charge in [-0.2, -0.15) is 0 Å². The average molecular weight is 1360 g/mol. The number of ether oxygens (including phenoxy) is 6. The maximum Gasteiger partial charge on any atom is 0.307 e. The largest absolute Gasteiger partial charge is 0.466 e. The molecule has 1 aliphatic heterocycles. The molecule has 0 spiro atoms. The van der Waals surface area contributed by atoms with Crippen LogP contribution in [0.25, 0.3) is 0 Å². The Balaban J connectivity index is 2.50. The lowest BCUT2D eigenvalue weighted by Gasteiger charge is -2.44. The molecule has 0 aliphatic carbocycles. The van der Waals surface area contributed by atoms with Gasteiger partial charge in [-0.1, -0.05) is 259 Å². The zero-order chi connectivity index (χ0) is 69.8. The summed E-state index contributed by atoms with van der Waals surface area (Å²) in [6, 6.07) is 0.465. The molecule has 0 saturated carbocycles. The maximum absolute atomic E-state index is 12.9. The first-order valence-corrected chi connectivity index (χ1v) is 40.8. The molecule has 1 fully saturated rings. The Bertz CT molecular complexity index is 1600. The number of carbonyl (C=O) groups is 6. The molecule has 0 aromatic rings. The lowest BCUT2D eigenvalue weighted by molar-refractivity contribution is -0.146. The van der Waals surface area contributed by atoms with Gasteiger partial charge in [-0.3, -0.25) is 38.6 Å². The molecular weight excluding hydrogens is 1210 g/mol. The van der Waals surface area contributed by atoms with Gasteiger partial charge in [0.1, 0.15) is 13.2 Å². The SMILES string of the molecule is CCCCCCCCCCCCOC(=O)CCN(CCCCC(=O)OCCN1CC(C)N(CCOC(=O)CCCCN(CCC(=O)OCCCCCCCCCCCC)CCC(=O)OCCCCCCCCCCCC)CC1C)CCC(=O)OCCCCCCCCCCCC. The van der Waals surface area contributed by atoms with Gasteiger partial charge in [0.2, 0.25) is 0 Å². The van der Waals surface area contributed by atoms with Crippen LogP contribution in [0.3, 0.4) is 0 Å². The van der Waals surface area contributed by atoms with E-state index in [2.05, 4.69) is 61.1 Å². The molecule has 0 N–H and O–H groups in total. The minimum Gasteiger partial charge on any atom is -0.466 e. The Hall–Kier alpha value is -3.34. The normalized spacial score (nSPS) is 14.4. The van der Waals surface area contributed by atoms with Crippen LogP contribution in [0, 0.1) is 0 Å². The minimum absolute atomic E-state index is 0.206. The Kier molecular flexibility index (Phi) is 65.0. The third kappa shape index (κ3) is 59.5. The van der Waals surface area contributed by atoms with E-state index in [1.54, 1.807) is 0 Å². The van der Waals surface area contributed by atoms with E-state index >= 15 is 0 Å². The Labute approximate surface area is 589 Å². The molecule has 16 nitrogen and oxygen atoms in total. The smallest absolute Gasteiger partial charge is 0.307 e. The Morgan fingerprint density at radius 3 is 0.677 bits per heavy atom. The monoisotopic (exact) mass is 1360 g/mol. The number of rotatable bonds is 72. The van der Waals surface area contributed by atoms with Crippen LogP contribution >= 0.6 is 0 Å². The van der Waals surface area contributed by atoms with Crippen molar-refractivity contribution in [2.24, 2.45) is 0 Å².